The van der Waals surface area contributed by atoms with E-state index in [1.165, 1.54) is 0 Å². The molecule has 0 fully saturated rings. The van der Waals surface area contributed by atoms with Crippen molar-refractivity contribution in [3.63, 3.8) is 0 Å². The van der Waals surface area contributed by atoms with Crippen molar-refractivity contribution >= 4 is 5.97 Å². The number of ether oxygens (including phenoxy) is 1. The Bertz CT molecular complexity index is 336. The van der Waals surface area contributed by atoms with E-state index in [1.807, 2.05) is 20.8 Å². The third-order valence-electron chi connectivity index (χ3n) is 1.78. The molecule has 88 valence electrons. The Morgan fingerprint density at radius 2 is 2.19 bits per heavy atom. The van der Waals surface area contributed by atoms with Crippen LogP contribution in [0.15, 0.2) is 12.4 Å². The average molecular weight is 223 g/mol. The Morgan fingerprint density at radius 3 is 2.75 bits per heavy atom. The van der Waals surface area contributed by atoms with Crippen LogP contribution in [0.3, 0.4) is 0 Å². The van der Waals surface area contributed by atoms with Gasteiger partial charge in [0.15, 0.2) is 0 Å². The maximum Gasteiger partial charge on any atom is 0.320 e. The van der Waals surface area contributed by atoms with Crippen LogP contribution in [-0.2, 0) is 16.1 Å². The van der Waals surface area contributed by atoms with Gasteiger partial charge in [0.25, 0.3) is 0 Å². The minimum atomic E-state index is -0.255. The van der Waals surface area contributed by atoms with E-state index in [-0.39, 0.29) is 18.6 Å². The molecule has 0 aliphatic rings. The highest BCUT2D eigenvalue weighted by Crippen LogP contribution is 1.93. The molecule has 0 unspecified atom stereocenters. The summed E-state index contributed by atoms with van der Waals surface area (Å²) in [4.78, 5) is 19.4. The lowest BCUT2D eigenvalue weighted by atomic mass is 10.4. The molecule has 1 rings (SSSR count). The van der Waals surface area contributed by atoms with Gasteiger partial charge in [0, 0.05) is 18.9 Å². The van der Waals surface area contributed by atoms with E-state index in [0.717, 1.165) is 11.4 Å². The van der Waals surface area contributed by atoms with Crippen LogP contribution >= 0.6 is 0 Å². The Hall–Kier alpha value is -1.49. The summed E-state index contributed by atoms with van der Waals surface area (Å²) in [5, 5.41) is 2.95. The molecule has 0 amide bonds. The Balaban J connectivity index is 2.25. The third kappa shape index (κ3) is 4.84. The highest BCUT2D eigenvalue weighted by molar-refractivity contribution is 5.71. The molecular formula is C11H17N3O2. The second kappa shape index (κ2) is 6.17. The molecule has 0 saturated carbocycles. The van der Waals surface area contributed by atoms with Crippen LogP contribution in [0.2, 0.25) is 0 Å². The van der Waals surface area contributed by atoms with Gasteiger partial charge in [-0.15, -0.1) is 0 Å². The summed E-state index contributed by atoms with van der Waals surface area (Å²) < 4.78 is 4.97. The number of aromatic nitrogens is 2. The van der Waals surface area contributed by atoms with Crippen molar-refractivity contribution < 1.29 is 9.53 Å². The molecule has 1 aromatic rings. The number of hydrogen-bond acceptors (Lipinski definition) is 5. The molecule has 1 heterocycles. The Morgan fingerprint density at radius 1 is 1.44 bits per heavy atom. The summed E-state index contributed by atoms with van der Waals surface area (Å²) in [6, 6.07) is 0. The van der Waals surface area contributed by atoms with E-state index in [1.54, 1.807) is 12.4 Å². The molecule has 0 aliphatic heterocycles. The van der Waals surface area contributed by atoms with E-state index in [0.29, 0.717) is 6.54 Å². The normalized spacial score (nSPS) is 10.5. The average Bonchev–Trinajstić information content (AvgIpc) is 2.20. The van der Waals surface area contributed by atoms with Gasteiger partial charge in [-0.3, -0.25) is 14.8 Å². The van der Waals surface area contributed by atoms with Crippen molar-refractivity contribution in [1.82, 2.24) is 15.3 Å². The smallest absolute Gasteiger partial charge is 0.320 e. The van der Waals surface area contributed by atoms with Gasteiger partial charge in [-0.05, 0) is 20.8 Å². The molecular weight excluding hydrogens is 206 g/mol. The number of nitrogens with one attached hydrogen (secondary N) is 1. The fourth-order valence-electron chi connectivity index (χ4n) is 1.11. The van der Waals surface area contributed by atoms with Crippen LogP contribution < -0.4 is 5.32 Å². The van der Waals surface area contributed by atoms with Crippen LogP contribution in [0, 0.1) is 6.92 Å². The number of aryl methyl sites for hydroxylation is 1. The number of rotatable bonds is 5. The van der Waals surface area contributed by atoms with Gasteiger partial charge < -0.3 is 10.1 Å². The van der Waals surface area contributed by atoms with E-state index in [9.17, 15) is 4.79 Å². The molecule has 0 radical (unpaired) electrons. The molecule has 5 heteroatoms. The van der Waals surface area contributed by atoms with Gasteiger partial charge in [0.1, 0.15) is 0 Å². The van der Waals surface area contributed by atoms with Crippen LogP contribution in [0.4, 0.5) is 0 Å². The van der Waals surface area contributed by atoms with Gasteiger partial charge in [-0.1, -0.05) is 0 Å². The summed E-state index contributed by atoms with van der Waals surface area (Å²) in [5.41, 5.74) is 1.69. The van der Waals surface area contributed by atoms with Crippen molar-refractivity contribution in [1.29, 1.82) is 0 Å². The molecule has 0 atom stereocenters. The lowest BCUT2D eigenvalue weighted by Gasteiger charge is -2.08. The third-order valence-corrected chi connectivity index (χ3v) is 1.78. The number of carbonyl (C=O) groups is 1. The topological polar surface area (TPSA) is 64.1 Å². The number of nitrogens with zero attached hydrogens (tertiary/aromatic N) is 2. The standard InChI is InChI=1S/C11H17N3O2/c1-8(2)16-11(15)7-12-5-10-6-13-9(3)4-14-10/h4,6,8,12H,5,7H2,1-3H3. The maximum atomic E-state index is 11.2. The zero-order chi connectivity index (χ0) is 12.0. The molecule has 1 aromatic heterocycles. The first-order valence-corrected chi connectivity index (χ1v) is 5.25. The monoisotopic (exact) mass is 223 g/mol. The summed E-state index contributed by atoms with van der Waals surface area (Å²) in [6.45, 7) is 6.23. The summed E-state index contributed by atoms with van der Waals surface area (Å²) in [7, 11) is 0. The second-order valence-electron chi connectivity index (χ2n) is 3.79. The number of esters is 1. The van der Waals surface area contributed by atoms with Crippen LogP contribution in [0.5, 0.6) is 0 Å². The molecule has 0 saturated heterocycles. The fourth-order valence-corrected chi connectivity index (χ4v) is 1.11. The molecule has 5 nitrogen and oxygen atoms in total. The van der Waals surface area contributed by atoms with Gasteiger partial charge >= 0.3 is 5.97 Å². The molecule has 0 spiro atoms. The first-order chi connectivity index (χ1) is 7.58. The highest BCUT2D eigenvalue weighted by atomic mass is 16.5. The molecule has 0 aromatic carbocycles. The minimum absolute atomic E-state index is 0.0755. The van der Waals surface area contributed by atoms with Crippen molar-refractivity contribution in [2.24, 2.45) is 0 Å². The van der Waals surface area contributed by atoms with Crippen molar-refractivity contribution in [2.45, 2.75) is 33.4 Å². The first kappa shape index (κ1) is 12.6. The summed E-state index contributed by atoms with van der Waals surface area (Å²) in [6.07, 6.45) is 3.31. The highest BCUT2D eigenvalue weighted by Gasteiger charge is 2.04. The van der Waals surface area contributed by atoms with E-state index < -0.39 is 0 Å². The molecule has 16 heavy (non-hydrogen) atoms. The summed E-state index contributed by atoms with van der Waals surface area (Å²) >= 11 is 0. The predicted octanol–water partition coefficient (Wildman–Crippen LogP) is 0.826. The summed E-state index contributed by atoms with van der Waals surface area (Å²) in [5.74, 6) is -0.255. The lowest BCUT2D eigenvalue weighted by Crippen LogP contribution is -2.26. The largest absolute Gasteiger partial charge is 0.462 e. The van der Waals surface area contributed by atoms with Crippen molar-refractivity contribution in [3.8, 4) is 0 Å². The minimum Gasteiger partial charge on any atom is -0.462 e. The van der Waals surface area contributed by atoms with Crippen molar-refractivity contribution in [3.05, 3.63) is 23.8 Å². The van der Waals surface area contributed by atoms with E-state index in [4.69, 9.17) is 4.74 Å². The molecule has 0 aliphatic carbocycles. The predicted molar refractivity (Wildman–Crippen MR) is 59.7 cm³/mol. The van der Waals surface area contributed by atoms with E-state index in [2.05, 4.69) is 15.3 Å². The lowest BCUT2D eigenvalue weighted by molar-refractivity contribution is -0.146. The Labute approximate surface area is 95.3 Å². The van der Waals surface area contributed by atoms with Gasteiger partial charge in [0.2, 0.25) is 0 Å². The van der Waals surface area contributed by atoms with Gasteiger partial charge in [-0.25, -0.2) is 0 Å². The molecule has 0 bridgehead atoms. The Kier molecular flexibility index (Phi) is 4.85. The quantitative estimate of drug-likeness (QED) is 0.749. The second-order valence-corrected chi connectivity index (χ2v) is 3.79. The van der Waals surface area contributed by atoms with Crippen LogP contribution in [-0.4, -0.2) is 28.6 Å². The first-order valence-electron chi connectivity index (χ1n) is 5.25. The maximum absolute atomic E-state index is 11.2. The fraction of sp³-hybridized carbons (Fsp3) is 0.545. The SMILES string of the molecule is Cc1cnc(CNCC(=O)OC(C)C)cn1. The van der Waals surface area contributed by atoms with Crippen LogP contribution in [0.1, 0.15) is 25.2 Å². The zero-order valence-corrected chi connectivity index (χ0v) is 9.86. The number of hydrogen-bond donors (Lipinski definition) is 1. The number of carbonyl (C=O) groups excluding carboxylic acids is 1. The van der Waals surface area contributed by atoms with Gasteiger partial charge in [0.05, 0.1) is 24.0 Å². The van der Waals surface area contributed by atoms with Gasteiger partial charge in [-0.2, -0.15) is 0 Å². The van der Waals surface area contributed by atoms with E-state index >= 15 is 0 Å². The zero-order valence-electron chi connectivity index (χ0n) is 9.86. The van der Waals surface area contributed by atoms with Crippen molar-refractivity contribution in [2.75, 3.05) is 6.54 Å². The molecule has 1 N–H and O–H groups in total. The van der Waals surface area contributed by atoms with Crippen LogP contribution in [0.25, 0.3) is 0 Å².